The van der Waals surface area contributed by atoms with Crippen molar-refractivity contribution in [3.8, 4) is 11.1 Å². The standard InChI is InChI=1S/C22H20ClFN4O2/c23-16-6-2-4-14(10-16)13-3-1-5-15(9-13)21(29)26-17-7-8-18(11-17)28-12-19(24)20(25)27-22(28)30/h1-6,9-10,12,17-18H,7-8,11H2,(H,26,29)(H2,25,27,30)/t17-,18-/m0/s1. The Morgan fingerprint density at radius 3 is 2.67 bits per heavy atom. The smallest absolute Gasteiger partial charge is 0.349 e. The van der Waals surface area contributed by atoms with Crippen molar-refractivity contribution in [1.82, 2.24) is 14.9 Å². The number of benzene rings is 2. The number of hydrogen-bond donors (Lipinski definition) is 2. The molecule has 3 N–H and O–H groups in total. The van der Waals surface area contributed by atoms with Crippen molar-refractivity contribution in [2.45, 2.75) is 31.3 Å². The van der Waals surface area contributed by atoms with Gasteiger partial charge in [0.2, 0.25) is 0 Å². The molecule has 1 saturated carbocycles. The van der Waals surface area contributed by atoms with E-state index in [1.165, 1.54) is 4.57 Å². The third-order valence-electron chi connectivity index (χ3n) is 5.35. The lowest BCUT2D eigenvalue weighted by Gasteiger charge is -2.16. The summed E-state index contributed by atoms with van der Waals surface area (Å²) in [4.78, 5) is 28.3. The zero-order valence-corrected chi connectivity index (χ0v) is 16.8. The largest absolute Gasteiger partial charge is 0.381 e. The molecule has 6 nitrogen and oxygen atoms in total. The molecule has 8 heteroatoms. The van der Waals surface area contributed by atoms with Crippen LogP contribution in [-0.4, -0.2) is 21.5 Å². The minimum Gasteiger partial charge on any atom is -0.381 e. The Kier molecular flexibility index (Phi) is 5.55. The van der Waals surface area contributed by atoms with Gasteiger partial charge in [0, 0.05) is 28.9 Å². The topological polar surface area (TPSA) is 90.0 Å². The van der Waals surface area contributed by atoms with Gasteiger partial charge >= 0.3 is 5.69 Å². The summed E-state index contributed by atoms with van der Waals surface area (Å²) >= 11 is 6.07. The fourth-order valence-corrected chi connectivity index (χ4v) is 4.03. The minimum atomic E-state index is -0.722. The minimum absolute atomic E-state index is 0.121. The van der Waals surface area contributed by atoms with Crippen molar-refractivity contribution in [2.75, 3.05) is 5.73 Å². The highest BCUT2D eigenvalue weighted by Crippen LogP contribution is 2.30. The van der Waals surface area contributed by atoms with Gasteiger partial charge in [-0.05, 0) is 54.7 Å². The van der Waals surface area contributed by atoms with Crippen molar-refractivity contribution < 1.29 is 9.18 Å². The van der Waals surface area contributed by atoms with E-state index in [2.05, 4.69) is 10.3 Å². The lowest BCUT2D eigenvalue weighted by molar-refractivity contribution is 0.0937. The second-order valence-corrected chi connectivity index (χ2v) is 7.83. The lowest BCUT2D eigenvalue weighted by atomic mass is 10.0. The maximum Gasteiger partial charge on any atom is 0.349 e. The number of nitrogen functional groups attached to an aromatic ring is 1. The third-order valence-corrected chi connectivity index (χ3v) is 5.59. The number of nitrogens with zero attached hydrogens (tertiary/aromatic N) is 2. The molecule has 0 saturated heterocycles. The number of amides is 1. The highest BCUT2D eigenvalue weighted by Gasteiger charge is 2.28. The zero-order valence-electron chi connectivity index (χ0n) is 16.0. The van der Waals surface area contributed by atoms with Gasteiger partial charge in [0.05, 0.1) is 0 Å². The van der Waals surface area contributed by atoms with Crippen LogP contribution in [0.3, 0.4) is 0 Å². The average Bonchev–Trinajstić information content (AvgIpc) is 3.19. The molecule has 30 heavy (non-hydrogen) atoms. The van der Waals surface area contributed by atoms with Gasteiger partial charge in [0.15, 0.2) is 11.6 Å². The monoisotopic (exact) mass is 426 g/mol. The van der Waals surface area contributed by atoms with Crippen LogP contribution >= 0.6 is 11.6 Å². The van der Waals surface area contributed by atoms with E-state index in [1.54, 1.807) is 12.1 Å². The normalized spacial score (nSPS) is 18.3. The molecule has 1 aliphatic rings. The predicted molar refractivity (Wildman–Crippen MR) is 114 cm³/mol. The third kappa shape index (κ3) is 4.21. The summed E-state index contributed by atoms with van der Waals surface area (Å²) in [5.74, 6) is -1.32. The molecule has 0 unspecified atom stereocenters. The highest BCUT2D eigenvalue weighted by molar-refractivity contribution is 6.30. The van der Waals surface area contributed by atoms with E-state index in [9.17, 15) is 14.0 Å². The van der Waals surface area contributed by atoms with Gasteiger partial charge in [0.25, 0.3) is 5.91 Å². The Hall–Kier alpha value is -3.19. The highest BCUT2D eigenvalue weighted by atomic mass is 35.5. The Bertz CT molecular complexity index is 1160. The van der Waals surface area contributed by atoms with Crippen LogP contribution in [0.25, 0.3) is 11.1 Å². The fourth-order valence-electron chi connectivity index (χ4n) is 3.84. The molecular formula is C22H20ClFN4O2. The van der Waals surface area contributed by atoms with Crippen molar-refractivity contribution in [2.24, 2.45) is 0 Å². The summed E-state index contributed by atoms with van der Waals surface area (Å²) < 4.78 is 15.0. The summed E-state index contributed by atoms with van der Waals surface area (Å²) in [5, 5.41) is 3.64. The molecule has 1 fully saturated rings. The van der Waals surface area contributed by atoms with Crippen LogP contribution in [0.2, 0.25) is 5.02 Å². The Labute approximate surface area is 177 Å². The summed E-state index contributed by atoms with van der Waals surface area (Å²) in [6, 6.07) is 14.4. The Morgan fingerprint density at radius 2 is 1.90 bits per heavy atom. The van der Waals surface area contributed by atoms with E-state index < -0.39 is 17.3 Å². The molecule has 1 aliphatic carbocycles. The first-order chi connectivity index (χ1) is 14.4. The first kappa shape index (κ1) is 20.1. The van der Waals surface area contributed by atoms with E-state index in [4.69, 9.17) is 17.3 Å². The lowest BCUT2D eigenvalue weighted by Crippen LogP contribution is -2.34. The first-order valence-electron chi connectivity index (χ1n) is 9.62. The molecular weight excluding hydrogens is 407 g/mol. The van der Waals surface area contributed by atoms with Gasteiger partial charge in [-0.2, -0.15) is 4.98 Å². The quantitative estimate of drug-likeness (QED) is 0.663. The van der Waals surface area contributed by atoms with Crippen LogP contribution in [-0.2, 0) is 0 Å². The predicted octanol–water partition coefficient (Wildman–Crippen LogP) is 3.81. The van der Waals surface area contributed by atoms with Crippen LogP contribution in [0.5, 0.6) is 0 Å². The molecule has 2 aromatic carbocycles. The molecule has 0 bridgehead atoms. The van der Waals surface area contributed by atoms with Gasteiger partial charge in [0.1, 0.15) is 0 Å². The Morgan fingerprint density at radius 1 is 1.17 bits per heavy atom. The molecule has 4 rings (SSSR count). The number of halogens is 2. The van der Waals surface area contributed by atoms with E-state index >= 15 is 0 Å². The van der Waals surface area contributed by atoms with Gasteiger partial charge in [-0.25, -0.2) is 9.18 Å². The summed E-state index contributed by atoms with van der Waals surface area (Å²) in [6.07, 6.45) is 2.93. The molecule has 0 radical (unpaired) electrons. The molecule has 0 aliphatic heterocycles. The van der Waals surface area contributed by atoms with Crippen LogP contribution < -0.4 is 16.7 Å². The molecule has 3 aromatic rings. The van der Waals surface area contributed by atoms with Crippen molar-refractivity contribution >= 4 is 23.3 Å². The van der Waals surface area contributed by atoms with Crippen LogP contribution in [0.1, 0.15) is 35.7 Å². The van der Waals surface area contributed by atoms with Gasteiger partial charge in [-0.1, -0.05) is 35.9 Å². The Balaban J connectivity index is 1.46. The molecule has 1 heterocycles. The number of anilines is 1. The number of nitrogens with two attached hydrogens (primary N) is 1. The van der Waals surface area contributed by atoms with Crippen molar-refractivity contribution in [3.05, 3.63) is 81.6 Å². The number of aromatic nitrogens is 2. The van der Waals surface area contributed by atoms with E-state index in [0.717, 1.165) is 17.3 Å². The SMILES string of the molecule is Nc1nc(=O)n([C@H]2CC[C@H](NC(=O)c3cccc(-c4cccc(Cl)c4)c3)C2)cc1F. The van der Waals surface area contributed by atoms with Crippen LogP contribution in [0.4, 0.5) is 10.2 Å². The molecule has 1 aromatic heterocycles. The summed E-state index contributed by atoms with van der Waals surface area (Å²) in [6.45, 7) is 0. The van der Waals surface area contributed by atoms with Gasteiger partial charge < -0.3 is 11.1 Å². The van der Waals surface area contributed by atoms with E-state index in [-0.39, 0.29) is 18.0 Å². The average molecular weight is 427 g/mol. The second-order valence-electron chi connectivity index (χ2n) is 7.39. The number of carbonyl (C=O) groups excluding carboxylic acids is 1. The van der Waals surface area contributed by atoms with Crippen molar-refractivity contribution in [3.63, 3.8) is 0 Å². The number of rotatable bonds is 4. The summed E-state index contributed by atoms with van der Waals surface area (Å²) in [5.41, 5.74) is 7.12. The summed E-state index contributed by atoms with van der Waals surface area (Å²) in [7, 11) is 0. The first-order valence-corrected chi connectivity index (χ1v) is 9.99. The number of nitrogens with one attached hydrogen (secondary N) is 1. The van der Waals surface area contributed by atoms with Crippen molar-refractivity contribution in [1.29, 1.82) is 0 Å². The second kappa shape index (κ2) is 8.28. The molecule has 2 atom stereocenters. The molecule has 1 amide bonds. The number of carbonyl (C=O) groups is 1. The van der Waals surface area contributed by atoms with Crippen LogP contribution in [0.15, 0.2) is 59.5 Å². The zero-order chi connectivity index (χ0) is 21.3. The van der Waals surface area contributed by atoms with Gasteiger partial charge in [-0.15, -0.1) is 0 Å². The number of hydrogen-bond acceptors (Lipinski definition) is 4. The van der Waals surface area contributed by atoms with Gasteiger partial charge in [-0.3, -0.25) is 9.36 Å². The maximum absolute atomic E-state index is 13.7. The maximum atomic E-state index is 13.7. The van der Waals surface area contributed by atoms with Crippen LogP contribution in [0, 0.1) is 5.82 Å². The van der Waals surface area contributed by atoms with E-state index in [1.807, 2.05) is 36.4 Å². The fraction of sp³-hybridized carbons (Fsp3) is 0.227. The molecule has 154 valence electrons. The molecule has 0 spiro atoms. The van der Waals surface area contributed by atoms with E-state index in [0.29, 0.717) is 29.8 Å².